The maximum absolute atomic E-state index is 4.53. The summed E-state index contributed by atoms with van der Waals surface area (Å²) in [4.78, 5) is 7.09. The maximum atomic E-state index is 4.53. The van der Waals surface area contributed by atoms with Gasteiger partial charge in [0.15, 0.2) is 0 Å². The summed E-state index contributed by atoms with van der Waals surface area (Å²) < 4.78 is 0. The molecule has 0 N–H and O–H groups in total. The van der Waals surface area contributed by atoms with Crippen molar-refractivity contribution in [3.8, 4) is 22.3 Å². The summed E-state index contributed by atoms with van der Waals surface area (Å²) >= 11 is 0. The molecule has 4 aliphatic rings. The molecule has 0 atom stereocenters. The van der Waals surface area contributed by atoms with Crippen molar-refractivity contribution in [2.75, 3.05) is 4.90 Å². The van der Waals surface area contributed by atoms with E-state index in [4.69, 9.17) is 0 Å². The monoisotopic (exact) mass is 446 g/mol. The summed E-state index contributed by atoms with van der Waals surface area (Å²) in [6.45, 7) is 0. The SMILES string of the molecule is c1ccc2c(c1)Cc1c-2cc2c3c1Cc1cnccc1N3c1ccc3c(c1C2)-c1ccccc1C3. The molecule has 0 spiro atoms. The van der Waals surface area contributed by atoms with Gasteiger partial charge in [-0.1, -0.05) is 54.6 Å². The molecular formula is C33H22N2. The van der Waals surface area contributed by atoms with Gasteiger partial charge in [0, 0.05) is 25.2 Å². The average molecular weight is 447 g/mol. The van der Waals surface area contributed by atoms with Gasteiger partial charge in [0.05, 0.1) is 17.1 Å². The zero-order chi connectivity index (χ0) is 22.7. The van der Waals surface area contributed by atoms with E-state index in [1.54, 1.807) is 0 Å². The molecule has 35 heavy (non-hydrogen) atoms. The van der Waals surface area contributed by atoms with Gasteiger partial charge in [0.1, 0.15) is 0 Å². The molecule has 0 unspecified atom stereocenters. The van der Waals surface area contributed by atoms with Crippen LogP contribution < -0.4 is 4.90 Å². The van der Waals surface area contributed by atoms with Crippen molar-refractivity contribution in [3.05, 3.63) is 130 Å². The third-order valence-corrected chi connectivity index (χ3v) is 8.63. The highest BCUT2D eigenvalue weighted by molar-refractivity contribution is 5.97. The predicted molar refractivity (Wildman–Crippen MR) is 141 cm³/mol. The minimum atomic E-state index is 0.961. The Morgan fingerprint density at radius 3 is 2.23 bits per heavy atom. The Kier molecular flexibility index (Phi) is 3.27. The molecule has 0 saturated heterocycles. The molecule has 2 nitrogen and oxygen atoms in total. The molecule has 0 saturated carbocycles. The molecule has 0 bridgehead atoms. The Morgan fingerprint density at radius 1 is 0.543 bits per heavy atom. The van der Waals surface area contributed by atoms with Gasteiger partial charge in [-0.25, -0.2) is 0 Å². The average Bonchev–Trinajstić information content (AvgIpc) is 3.47. The third kappa shape index (κ3) is 2.23. The number of hydrogen-bond acceptors (Lipinski definition) is 2. The first-order valence-electron chi connectivity index (χ1n) is 12.6. The van der Waals surface area contributed by atoms with E-state index in [1.807, 2.05) is 6.20 Å². The van der Waals surface area contributed by atoms with Crippen LogP contribution in [0.1, 0.15) is 44.5 Å². The van der Waals surface area contributed by atoms with Crippen LogP contribution in [0.4, 0.5) is 17.1 Å². The van der Waals surface area contributed by atoms with Gasteiger partial charge in [-0.05, 0) is 97.8 Å². The number of nitrogens with zero attached hydrogens (tertiary/aromatic N) is 2. The van der Waals surface area contributed by atoms with Gasteiger partial charge in [-0.3, -0.25) is 4.98 Å². The second-order valence-electron chi connectivity index (χ2n) is 10.3. The predicted octanol–water partition coefficient (Wildman–Crippen LogP) is 7.50. The zero-order valence-electron chi connectivity index (χ0n) is 19.3. The summed E-state index contributed by atoms with van der Waals surface area (Å²) in [5.74, 6) is 0. The molecule has 2 aliphatic carbocycles. The van der Waals surface area contributed by atoms with Crippen LogP contribution in [0.2, 0.25) is 0 Å². The molecule has 2 heteroatoms. The van der Waals surface area contributed by atoms with E-state index in [0.29, 0.717) is 0 Å². The van der Waals surface area contributed by atoms with Crippen molar-refractivity contribution in [1.82, 2.24) is 4.98 Å². The Labute approximate surface area is 204 Å². The fourth-order valence-electron chi connectivity index (χ4n) is 7.21. The first-order chi connectivity index (χ1) is 17.3. The Bertz CT molecular complexity index is 1760. The summed E-state index contributed by atoms with van der Waals surface area (Å²) in [6.07, 6.45) is 8.04. The third-order valence-electron chi connectivity index (χ3n) is 8.63. The minimum Gasteiger partial charge on any atom is -0.309 e. The smallest absolute Gasteiger partial charge is 0.0535 e. The molecule has 0 fully saturated rings. The van der Waals surface area contributed by atoms with Crippen molar-refractivity contribution in [2.24, 2.45) is 0 Å². The fourth-order valence-corrected chi connectivity index (χ4v) is 7.21. The molecule has 9 rings (SSSR count). The maximum Gasteiger partial charge on any atom is 0.0535 e. The molecular weight excluding hydrogens is 424 g/mol. The standard InChI is InChI=1S/C33H22N2/c1-3-7-24-20(6-1)14-27-26(24)15-22-16-29-31(10-9-21-13-19-5-2-4-8-25(19)32(21)29)35-30-11-12-34-18-23(30)17-28(27)33(22)35/h1-12,15,18H,13-14,16-17H2. The molecule has 1 aromatic heterocycles. The normalized spacial score (nSPS) is 14.9. The van der Waals surface area contributed by atoms with Crippen LogP contribution in [0, 0.1) is 0 Å². The number of anilines is 3. The Morgan fingerprint density at radius 2 is 1.31 bits per heavy atom. The van der Waals surface area contributed by atoms with E-state index in [-0.39, 0.29) is 0 Å². The van der Waals surface area contributed by atoms with E-state index < -0.39 is 0 Å². The summed E-state index contributed by atoms with van der Waals surface area (Å²) in [7, 11) is 0. The van der Waals surface area contributed by atoms with E-state index in [2.05, 4.69) is 88.9 Å². The first-order valence-corrected chi connectivity index (χ1v) is 12.6. The van der Waals surface area contributed by atoms with Crippen LogP contribution in [-0.4, -0.2) is 4.98 Å². The number of benzene rings is 4. The number of fused-ring (bicyclic) bond motifs is 12. The van der Waals surface area contributed by atoms with Crippen molar-refractivity contribution in [2.45, 2.75) is 25.7 Å². The molecule has 0 radical (unpaired) electrons. The van der Waals surface area contributed by atoms with Crippen molar-refractivity contribution < 1.29 is 0 Å². The zero-order valence-corrected chi connectivity index (χ0v) is 19.3. The molecule has 2 aliphatic heterocycles. The lowest BCUT2D eigenvalue weighted by atomic mass is 9.81. The second-order valence-corrected chi connectivity index (χ2v) is 10.3. The number of aromatic nitrogens is 1. The van der Waals surface area contributed by atoms with E-state index in [0.717, 1.165) is 25.7 Å². The highest BCUT2D eigenvalue weighted by Crippen LogP contribution is 2.56. The van der Waals surface area contributed by atoms with Gasteiger partial charge < -0.3 is 4.90 Å². The van der Waals surface area contributed by atoms with Crippen LogP contribution in [0.15, 0.2) is 85.2 Å². The lowest BCUT2D eigenvalue weighted by molar-refractivity contribution is 0.984. The highest BCUT2D eigenvalue weighted by Gasteiger charge is 2.37. The van der Waals surface area contributed by atoms with Crippen LogP contribution in [0.5, 0.6) is 0 Å². The minimum absolute atomic E-state index is 0.961. The first kappa shape index (κ1) is 18.2. The molecule has 164 valence electrons. The van der Waals surface area contributed by atoms with E-state index in [1.165, 1.54) is 83.8 Å². The molecule has 0 amide bonds. The summed E-state index contributed by atoms with van der Waals surface area (Å²) in [5, 5.41) is 0. The second kappa shape index (κ2) is 6.28. The van der Waals surface area contributed by atoms with Gasteiger partial charge in [0.2, 0.25) is 0 Å². The van der Waals surface area contributed by atoms with Crippen LogP contribution in [-0.2, 0) is 25.7 Å². The number of rotatable bonds is 0. The van der Waals surface area contributed by atoms with Gasteiger partial charge >= 0.3 is 0 Å². The van der Waals surface area contributed by atoms with Crippen LogP contribution in [0.3, 0.4) is 0 Å². The number of pyridine rings is 1. The van der Waals surface area contributed by atoms with Crippen molar-refractivity contribution in [3.63, 3.8) is 0 Å². The van der Waals surface area contributed by atoms with Gasteiger partial charge in [-0.2, -0.15) is 0 Å². The highest BCUT2D eigenvalue weighted by atomic mass is 15.2. The number of hydrogen-bond donors (Lipinski definition) is 0. The quantitative estimate of drug-likeness (QED) is 0.240. The Balaban J connectivity index is 1.37. The van der Waals surface area contributed by atoms with Crippen molar-refractivity contribution >= 4 is 17.1 Å². The van der Waals surface area contributed by atoms with Crippen LogP contribution >= 0.6 is 0 Å². The van der Waals surface area contributed by atoms with Crippen LogP contribution in [0.25, 0.3) is 22.3 Å². The van der Waals surface area contributed by atoms with Gasteiger partial charge in [-0.15, -0.1) is 0 Å². The Hall–Kier alpha value is -4.17. The largest absolute Gasteiger partial charge is 0.309 e. The van der Waals surface area contributed by atoms with E-state index >= 15 is 0 Å². The lowest BCUT2D eigenvalue weighted by Crippen LogP contribution is -2.26. The molecule has 4 aromatic carbocycles. The fraction of sp³-hybridized carbons (Fsp3) is 0.121. The summed E-state index contributed by atoms with van der Waals surface area (Å²) in [6, 6.07) is 27.4. The topological polar surface area (TPSA) is 16.1 Å². The van der Waals surface area contributed by atoms with E-state index in [9.17, 15) is 0 Å². The molecule has 5 aromatic rings. The summed E-state index contributed by atoms with van der Waals surface area (Å²) in [5.41, 5.74) is 21.4. The molecule has 3 heterocycles. The lowest BCUT2D eigenvalue weighted by Gasteiger charge is -2.41. The van der Waals surface area contributed by atoms with Crippen molar-refractivity contribution in [1.29, 1.82) is 0 Å². The van der Waals surface area contributed by atoms with Gasteiger partial charge in [0.25, 0.3) is 0 Å².